The van der Waals surface area contributed by atoms with Gasteiger partial charge < -0.3 is 14.8 Å². The van der Waals surface area contributed by atoms with Gasteiger partial charge in [0.15, 0.2) is 5.54 Å². The molecular formula is C15H23NO4. The largest absolute Gasteiger partial charge is 0.461 e. The SMILES string of the molecule is CCC1(C(=O)OC(C)C)C=CC(C(=O)OC(C)C)=CN1. The normalized spacial score (nSPS) is 21.4. The molecule has 0 amide bonds. The van der Waals surface area contributed by atoms with Crippen LogP contribution in [0.25, 0.3) is 0 Å². The van der Waals surface area contributed by atoms with Gasteiger partial charge in [-0.2, -0.15) is 0 Å². The van der Waals surface area contributed by atoms with Gasteiger partial charge in [-0.1, -0.05) is 6.92 Å². The van der Waals surface area contributed by atoms with Gasteiger partial charge in [0.1, 0.15) is 0 Å². The Hall–Kier alpha value is -1.78. The molecule has 112 valence electrons. The Balaban J connectivity index is 2.80. The molecule has 0 spiro atoms. The zero-order chi connectivity index (χ0) is 15.3. The first-order valence-electron chi connectivity index (χ1n) is 6.90. The maximum absolute atomic E-state index is 12.1. The summed E-state index contributed by atoms with van der Waals surface area (Å²) >= 11 is 0. The predicted octanol–water partition coefficient (Wildman–Crippen LogP) is 2.08. The van der Waals surface area contributed by atoms with Crippen molar-refractivity contribution in [2.75, 3.05) is 0 Å². The van der Waals surface area contributed by atoms with E-state index in [9.17, 15) is 9.59 Å². The van der Waals surface area contributed by atoms with Crippen molar-refractivity contribution in [3.05, 3.63) is 23.9 Å². The third-order valence-electron chi connectivity index (χ3n) is 2.88. The highest BCUT2D eigenvalue weighted by Crippen LogP contribution is 2.21. The molecule has 0 aliphatic carbocycles. The predicted molar refractivity (Wildman–Crippen MR) is 75.8 cm³/mol. The quantitative estimate of drug-likeness (QED) is 0.782. The van der Waals surface area contributed by atoms with E-state index >= 15 is 0 Å². The summed E-state index contributed by atoms with van der Waals surface area (Å²) in [6.07, 6.45) is 4.94. The average Bonchev–Trinajstić information content (AvgIpc) is 2.37. The van der Waals surface area contributed by atoms with Crippen LogP contribution in [-0.4, -0.2) is 29.7 Å². The number of nitrogens with one attached hydrogen (secondary N) is 1. The molecule has 5 heteroatoms. The van der Waals surface area contributed by atoms with Crippen molar-refractivity contribution >= 4 is 11.9 Å². The standard InChI is InChI=1S/C15H23NO4/c1-6-15(14(18)20-11(4)5)8-7-12(9-16-15)13(17)19-10(2)3/h7-11,16H,6H2,1-5H3. The van der Waals surface area contributed by atoms with E-state index in [1.807, 2.05) is 6.92 Å². The van der Waals surface area contributed by atoms with Gasteiger partial charge in [0, 0.05) is 6.20 Å². The summed E-state index contributed by atoms with van der Waals surface area (Å²) in [6, 6.07) is 0. The van der Waals surface area contributed by atoms with E-state index in [1.165, 1.54) is 6.20 Å². The molecule has 0 fully saturated rings. The Morgan fingerprint density at radius 1 is 1.20 bits per heavy atom. The van der Waals surface area contributed by atoms with Crippen molar-refractivity contribution in [2.45, 2.75) is 58.8 Å². The van der Waals surface area contributed by atoms with E-state index in [4.69, 9.17) is 9.47 Å². The molecule has 1 N–H and O–H groups in total. The summed E-state index contributed by atoms with van der Waals surface area (Å²) in [5, 5.41) is 2.97. The average molecular weight is 281 g/mol. The van der Waals surface area contributed by atoms with Gasteiger partial charge in [-0.3, -0.25) is 0 Å². The molecule has 0 aromatic carbocycles. The second kappa shape index (κ2) is 6.59. The van der Waals surface area contributed by atoms with Crippen LogP contribution >= 0.6 is 0 Å². The van der Waals surface area contributed by atoms with Crippen LogP contribution in [-0.2, 0) is 19.1 Å². The zero-order valence-corrected chi connectivity index (χ0v) is 12.7. The van der Waals surface area contributed by atoms with Gasteiger partial charge in [-0.25, -0.2) is 9.59 Å². The fourth-order valence-electron chi connectivity index (χ4n) is 1.75. The van der Waals surface area contributed by atoms with E-state index in [0.29, 0.717) is 12.0 Å². The molecule has 20 heavy (non-hydrogen) atoms. The number of ether oxygens (including phenoxy) is 2. The molecule has 0 saturated heterocycles. The molecular weight excluding hydrogens is 258 g/mol. The number of carbonyl (C=O) groups excluding carboxylic acids is 2. The lowest BCUT2D eigenvalue weighted by Crippen LogP contribution is -2.50. The topological polar surface area (TPSA) is 64.6 Å². The third kappa shape index (κ3) is 3.85. The molecule has 5 nitrogen and oxygen atoms in total. The molecule has 0 radical (unpaired) electrons. The second-order valence-corrected chi connectivity index (χ2v) is 5.31. The summed E-state index contributed by atoms with van der Waals surface area (Å²) in [5.74, 6) is -0.760. The Kier molecular flexibility index (Phi) is 5.36. The number of dihydropyridines is 1. The highest BCUT2D eigenvalue weighted by atomic mass is 16.5. The highest BCUT2D eigenvalue weighted by Gasteiger charge is 2.37. The van der Waals surface area contributed by atoms with Crippen LogP contribution in [0.1, 0.15) is 41.0 Å². The van der Waals surface area contributed by atoms with Gasteiger partial charge in [0.2, 0.25) is 0 Å². The van der Waals surface area contributed by atoms with Crippen LogP contribution in [0.3, 0.4) is 0 Å². The summed E-state index contributed by atoms with van der Waals surface area (Å²) in [4.78, 5) is 23.9. The molecule has 1 unspecified atom stereocenters. The lowest BCUT2D eigenvalue weighted by atomic mass is 9.92. The van der Waals surface area contributed by atoms with E-state index in [1.54, 1.807) is 39.8 Å². The number of rotatable bonds is 5. The number of carbonyl (C=O) groups is 2. The van der Waals surface area contributed by atoms with Crippen LogP contribution in [0, 0.1) is 0 Å². The fraction of sp³-hybridized carbons (Fsp3) is 0.600. The van der Waals surface area contributed by atoms with Gasteiger partial charge in [-0.05, 0) is 46.3 Å². The van der Waals surface area contributed by atoms with Crippen LogP contribution < -0.4 is 5.32 Å². The van der Waals surface area contributed by atoms with Crippen molar-refractivity contribution in [1.29, 1.82) is 0 Å². The van der Waals surface area contributed by atoms with Crippen molar-refractivity contribution in [1.82, 2.24) is 5.32 Å². The van der Waals surface area contributed by atoms with Crippen molar-refractivity contribution in [2.24, 2.45) is 0 Å². The van der Waals surface area contributed by atoms with E-state index in [0.717, 1.165) is 0 Å². The van der Waals surface area contributed by atoms with Crippen molar-refractivity contribution in [3.8, 4) is 0 Å². The molecule has 0 saturated carbocycles. The Morgan fingerprint density at radius 3 is 2.20 bits per heavy atom. The summed E-state index contributed by atoms with van der Waals surface area (Å²) < 4.78 is 10.3. The smallest absolute Gasteiger partial charge is 0.339 e. The fourth-order valence-corrected chi connectivity index (χ4v) is 1.75. The molecule has 1 atom stereocenters. The van der Waals surface area contributed by atoms with Crippen molar-refractivity contribution < 1.29 is 19.1 Å². The van der Waals surface area contributed by atoms with E-state index in [-0.39, 0.29) is 18.2 Å². The molecule has 1 aliphatic rings. The first-order chi connectivity index (χ1) is 9.30. The molecule has 0 aromatic rings. The minimum atomic E-state index is -0.911. The summed E-state index contributed by atoms with van der Waals surface area (Å²) in [7, 11) is 0. The first kappa shape index (κ1) is 16.3. The highest BCUT2D eigenvalue weighted by molar-refractivity contribution is 5.93. The molecule has 1 rings (SSSR count). The van der Waals surface area contributed by atoms with Crippen LogP contribution in [0.2, 0.25) is 0 Å². The van der Waals surface area contributed by atoms with Gasteiger partial charge in [0.05, 0.1) is 17.8 Å². The van der Waals surface area contributed by atoms with Crippen LogP contribution in [0.4, 0.5) is 0 Å². The van der Waals surface area contributed by atoms with Gasteiger partial charge in [-0.15, -0.1) is 0 Å². The Bertz CT molecular complexity index is 437. The summed E-state index contributed by atoms with van der Waals surface area (Å²) in [5.41, 5.74) is -0.522. The van der Waals surface area contributed by atoms with Gasteiger partial charge >= 0.3 is 11.9 Å². The Morgan fingerprint density at radius 2 is 1.80 bits per heavy atom. The molecule has 1 heterocycles. The summed E-state index contributed by atoms with van der Waals surface area (Å²) in [6.45, 7) is 9.05. The maximum Gasteiger partial charge on any atom is 0.339 e. The Labute approximate surface area is 120 Å². The minimum absolute atomic E-state index is 0.180. The van der Waals surface area contributed by atoms with Crippen LogP contribution in [0.15, 0.2) is 23.9 Å². The second-order valence-electron chi connectivity index (χ2n) is 5.31. The molecule has 0 bridgehead atoms. The zero-order valence-electron chi connectivity index (χ0n) is 12.7. The molecule has 1 aliphatic heterocycles. The lowest BCUT2D eigenvalue weighted by Gasteiger charge is -2.31. The molecule has 0 aromatic heterocycles. The lowest BCUT2D eigenvalue weighted by molar-refractivity contribution is -0.153. The van der Waals surface area contributed by atoms with Crippen LogP contribution in [0.5, 0.6) is 0 Å². The number of hydrogen-bond acceptors (Lipinski definition) is 5. The third-order valence-corrected chi connectivity index (χ3v) is 2.88. The number of esters is 2. The monoisotopic (exact) mass is 281 g/mol. The van der Waals surface area contributed by atoms with Gasteiger partial charge in [0.25, 0.3) is 0 Å². The van der Waals surface area contributed by atoms with E-state index in [2.05, 4.69) is 5.32 Å². The van der Waals surface area contributed by atoms with E-state index < -0.39 is 11.5 Å². The van der Waals surface area contributed by atoms with Crippen molar-refractivity contribution in [3.63, 3.8) is 0 Å². The maximum atomic E-state index is 12.1. The number of hydrogen-bond donors (Lipinski definition) is 1. The minimum Gasteiger partial charge on any atom is -0.461 e. The first-order valence-corrected chi connectivity index (χ1v) is 6.90.